The summed E-state index contributed by atoms with van der Waals surface area (Å²) in [6, 6.07) is 11.7. The summed E-state index contributed by atoms with van der Waals surface area (Å²) in [5.41, 5.74) is 3.91. The van der Waals surface area contributed by atoms with Gasteiger partial charge in [-0.15, -0.1) is 0 Å². The molecule has 4 heteroatoms. The predicted octanol–water partition coefficient (Wildman–Crippen LogP) is 3.42. The molecule has 1 unspecified atom stereocenters. The van der Waals surface area contributed by atoms with Gasteiger partial charge < -0.3 is 10.4 Å². The number of nitrogens with one attached hydrogen (secondary N) is 1. The minimum atomic E-state index is -1.07. The van der Waals surface area contributed by atoms with Crippen LogP contribution in [0.3, 0.4) is 0 Å². The molecule has 0 radical (unpaired) electrons. The second kappa shape index (κ2) is 7.09. The van der Waals surface area contributed by atoms with E-state index in [0.29, 0.717) is 17.5 Å². The van der Waals surface area contributed by atoms with E-state index in [-0.39, 0.29) is 5.91 Å². The lowest BCUT2D eigenvalue weighted by Crippen LogP contribution is -2.34. The maximum Gasteiger partial charge on any atom is 0.330 e. The number of aryl methyl sites for hydroxylation is 2. The first-order chi connectivity index (χ1) is 11.0. The first-order valence-corrected chi connectivity index (χ1v) is 7.63. The molecule has 0 saturated heterocycles. The number of amides is 1. The van der Waals surface area contributed by atoms with Crippen molar-refractivity contribution in [2.75, 3.05) is 0 Å². The fourth-order valence-electron chi connectivity index (χ4n) is 2.62. The molecule has 0 aliphatic rings. The van der Waals surface area contributed by atoms with Gasteiger partial charge in [-0.25, -0.2) is 4.79 Å². The standard InChI is InChI=1S/C19H21NO3/c1-4-14-9-5-6-10-16(14)18(21)20-17(19(22)23)15-11-7-8-12(2)13(15)3/h5-11,17H,4H2,1-3H3,(H,20,21)(H,22,23). The average molecular weight is 311 g/mol. The monoisotopic (exact) mass is 311 g/mol. The highest BCUT2D eigenvalue weighted by Gasteiger charge is 2.25. The van der Waals surface area contributed by atoms with E-state index in [1.165, 1.54) is 0 Å². The van der Waals surface area contributed by atoms with Gasteiger partial charge in [-0.05, 0) is 48.6 Å². The van der Waals surface area contributed by atoms with Crippen LogP contribution in [0.1, 0.15) is 45.6 Å². The van der Waals surface area contributed by atoms with Gasteiger partial charge in [0.15, 0.2) is 6.04 Å². The molecular formula is C19H21NO3. The summed E-state index contributed by atoms with van der Waals surface area (Å²) < 4.78 is 0. The Bertz CT molecular complexity index is 737. The Morgan fingerprint density at radius 2 is 1.78 bits per heavy atom. The van der Waals surface area contributed by atoms with Crippen LogP contribution in [0, 0.1) is 13.8 Å². The molecule has 0 fully saturated rings. The van der Waals surface area contributed by atoms with Crippen LogP contribution in [0.2, 0.25) is 0 Å². The first kappa shape index (κ1) is 16.7. The maximum atomic E-state index is 12.5. The van der Waals surface area contributed by atoms with Crippen LogP contribution in [-0.4, -0.2) is 17.0 Å². The minimum Gasteiger partial charge on any atom is -0.479 e. The fraction of sp³-hybridized carbons (Fsp3) is 0.263. The van der Waals surface area contributed by atoms with Crippen molar-refractivity contribution in [2.24, 2.45) is 0 Å². The number of carbonyl (C=O) groups excluding carboxylic acids is 1. The highest BCUT2D eigenvalue weighted by atomic mass is 16.4. The lowest BCUT2D eigenvalue weighted by Gasteiger charge is -2.19. The lowest BCUT2D eigenvalue weighted by atomic mass is 9.96. The lowest BCUT2D eigenvalue weighted by molar-refractivity contribution is -0.139. The van der Waals surface area contributed by atoms with Crippen molar-refractivity contribution in [3.8, 4) is 0 Å². The van der Waals surface area contributed by atoms with E-state index >= 15 is 0 Å². The van der Waals surface area contributed by atoms with Crippen LogP contribution in [0.5, 0.6) is 0 Å². The van der Waals surface area contributed by atoms with Gasteiger partial charge in [0, 0.05) is 5.56 Å². The van der Waals surface area contributed by atoms with Crippen molar-refractivity contribution < 1.29 is 14.7 Å². The zero-order valence-corrected chi connectivity index (χ0v) is 13.6. The van der Waals surface area contributed by atoms with E-state index in [9.17, 15) is 14.7 Å². The summed E-state index contributed by atoms with van der Waals surface area (Å²) >= 11 is 0. The SMILES string of the molecule is CCc1ccccc1C(=O)NC(C(=O)O)c1cccc(C)c1C. The average Bonchev–Trinajstić information content (AvgIpc) is 2.55. The summed E-state index contributed by atoms with van der Waals surface area (Å²) in [6.45, 7) is 5.75. The number of benzene rings is 2. The van der Waals surface area contributed by atoms with Crippen LogP contribution in [0.15, 0.2) is 42.5 Å². The van der Waals surface area contributed by atoms with Crippen molar-refractivity contribution in [2.45, 2.75) is 33.2 Å². The Labute approximate surface area is 136 Å². The molecule has 0 aliphatic heterocycles. The van der Waals surface area contributed by atoms with Crippen LogP contribution >= 0.6 is 0 Å². The zero-order chi connectivity index (χ0) is 17.0. The molecule has 0 bridgehead atoms. The maximum absolute atomic E-state index is 12.5. The molecule has 0 aliphatic carbocycles. The van der Waals surface area contributed by atoms with E-state index in [1.54, 1.807) is 24.3 Å². The van der Waals surface area contributed by atoms with Crippen molar-refractivity contribution in [1.29, 1.82) is 0 Å². The number of hydrogen-bond donors (Lipinski definition) is 2. The third-order valence-corrected chi connectivity index (χ3v) is 4.12. The number of hydrogen-bond acceptors (Lipinski definition) is 2. The van der Waals surface area contributed by atoms with Gasteiger partial charge in [0.05, 0.1) is 0 Å². The smallest absolute Gasteiger partial charge is 0.330 e. The molecular weight excluding hydrogens is 290 g/mol. The molecule has 2 aromatic carbocycles. The summed E-state index contributed by atoms with van der Waals surface area (Å²) in [5, 5.41) is 12.2. The van der Waals surface area contributed by atoms with Crippen molar-refractivity contribution in [1.82, 2.24) is 5.32 Å². The highest BCUT2D eigenvalue weighted by Crippen LogP contribution is 2.22. The molecule has 4 nitrogen and oxygen atoms in total. The number of carboxylic acids is 1. The van der Waals surface area contributed by atoms with Gasteiger partial charge in [-0.2, -0.15) is 0 Å². The first-order valence-electron chi connectivity index (χ1n) is 7.63. The van der Waals surface area contributed by atoms with E-state index in [2.05, 4.69) is 5.32 Å². The van der Waals surface area contributed by atoms with Crippen LogP contribution in [0.4, 0.5) is 0 Å². The van der Waals surface area contributed by atoms with Crippen molar-refractivity contribution in [3.05, 3.63) is 70.3 Å². The third-order valence-electron chi connectivity index (χ3n) is 4.12. The second-order valence-electron chi connectivity index (χ2n) is 5.54. The van der Waals surface area contributed by atoms with Gasteiger partial charge in [0.25, 0.3) is 5.91 Å². The van der Waals surface area contributed by atoms with Crippen LogP contribution in [-0.2, 0) is 11.2 Å². The van der Waals surface area contributed by atoms with E-state index in [0.717, 1.165) is 16.7 Å². The normalized spacial score (nSPS) is 11.8. The molecule has 2 N–H and O–H groups in total. The van der Waals surface area contributed by atoms with Crippen LogP contribution < -0.4 is 5.32 Å². The van der Waals surface area contributed by atoms with E-state index in [4.69, 9.17) is 0 Å². The van der Waals surface area contributed by atoms with Gasteiger partial charge in [-0.1, -0.05) is 43.3 Å². The highest BCUT2D eigenvalue weighted by molar-refractivity contribution is 5.98. The number of rotatable bonds is 5. The third kappa shape index (κ3) is 3.59. The molecule has 0 aromatic heterocycles. The van der Waals surface area contributed by atoms with E-state index in [1.807, 2.05) is 39.0 Å². The molecule has 2 rings (SSSR count). The fourth-order valence-corrected chi connectivity index (χ4v) is 2.62. The van der Waals surface area contributed by atoms with Crippen molar-refractivity contribution in [3.63, 3.8) is 0 Å². The largest absolute Gasteiger partial charge is 0.479 e. The second-order valence-corrected chi connectivity index (χ2v) is 5.54. The van der Waals surface area contributed by atoms with Crippen LogP contribution in [0.25, 0.3) is 0 Å². The predicted molar refractivity (Wildman–Crippen MR) is 89.6 cm³/mol. The summed E-state index contributed by atoms with van der Waals surface area (Å²) in [5.74, 6) is -1.43. The number of carbonyl (C=O) groups is 2. The Hall–Kier alpha value is -2.62. The molecule has 1 amide bonds. The Kier molecular flexibility index (Phi) is 5.16. The number of aliphatic carboxylic acids is 1. The molecule has 120 valence electrons. The minimum absolute atomic E-state index is 0.365. The molecule has 2 aromatic rings. The van der Waals surface area contributed by atoms with Gasteiger partial charge >= 0.3 is 5.97 Å². The Morgan fingerprint density at radius 3 is 2.43 bits per heavy atom. The van der Waals surface area contributed by atoms with Crippen molar-refractivity contribution >= 4 is 11.9 Å². The van der Waals surface area contributed by atoms with E-state index < -0.39 is 12.0 Å². The summed E-state index contributed by atoms with van der Waals surface area (Å²) in [4.78, 5) is 24.2. The summed E-state index contributed by atoms with van der Waals surface area (Å²) in [7, 11) is 0. The molecule has 0 saturated carbocycles. The van der Waals surface area contributed by atoms with Gasteiger partial charge in [0.1, 0.15) is 0 Å². The molecule has 1 atom stereocenters. The topological polar surface area (TPSA) is 66.4 Å². The van der Waals surface area contributed by atoms with Gasteiger partial charge in [0.2, 0.25) is 0 Å². The molecule has 0 heterocycles. The quantitative estimate of drug-likeness (QED) is 0.889. The Balaban J connectivity index is 2.35. The number of carboxylic acid groups (broad SMARTS) is 1. The zero-order valence-electron chi connectivity index (χ0n) is 13.6. The molecule has 23 heavy (non-hydrogen) atoms. The molecule has 0 spiro atoms. The van der Waals surface area contributed by atoms with Gasteiger partial charge in [-0.3, -0.25) is 4.79 Å². The summed E-state index contributed by atoms with van der Waals surface area (Å²) in [6.07, 6.45) is 0.713. The Morgan fingerprint density at radius 1 is 1.09 bits per heavy atom.